The van der Waals surface area contributed by atoms with Gasteiger partial charge >= 0.3 is 0 Å². The molecule has 0 unspecified atom stereocenters. The van der Waals surface area contributed by atoms with Crippen molar-refractivity contribution in [2.75, 3.05) is 25.5 Å². The molecule has 0 saturated carbocycles. The van der Waals surface area contributed by atoms with E-state index in [0.717, 1.165) is 25.3 Å². The molecule has 3 aromatic rings. The number of anilines is 1. The highest BCUT2D eigenvalue weighted by molar-refractivity contribution is 5.45. The van der Waals surface area contributed by atoms with Crippen molar-refractivity contribution >= 4 is 5.69 Å². The first-order chi connectivity index (χ1) is 12.2. The molecule has 2 aromatic carbocycles. The standard InChI is InChI=1S/C22H26N2O/c1-24(2)20-12-10-18(11-13-20)17-23-15-14-21(22-9-6-16-25-22)19-7-4-3-5-8-19/h3-13,16,21,23H,14-15,17H2,1-2H3/t21-/m1/s1. The predicted octanol–water partition coefficient (Wildman–Crippen LogP) is 4.66. The normalized spacial score (nSPS) is 12.1. The van der Waals surface area contributed by atoms with E-state index in [2.05, 4.69) is 85.0 Å². The Hall–Kier alpha value is -2.52. The summed E-state index contributed by atoms with van der Waals surface area (Å²) in [6, 6.07) is 23.3. The van der Waals surface area contributed by atoms with Crippen molar-refractivity contribution in [1.82, 2.24) is 5.32 Å². The Balaban J connectivity index is 1.55. The van der Waals surface area contributed by atoms with Crippen LogP contribution in [0.2, 0.25) is 0 Å². The van der Waals surface area contributed by atoms with Gasteiger partial charge in [0.25, 0.3) is 0 Å². The molecule has 1 aromatic heterocycles. The minimum atomic E-state index is 0.291. The van der Waals surface area contributed by atoms with Crippen molar-refractivity contribution < 1.29 is 4.42 Å². The quantitative estimate of drug-likeness (QED) is 0.608. The van der Waals surface area contributed by atoms with Crippen LogP contribution in [0.4, 0.5) is 5.69 Å². The topological polar surface area (TPSA) is 28.4 Å². The van der Waals surface area contributed by atoms with E-state index in [1.54, 1.807) is 6.26 Å². The summed E-state index contributed by atoms with van der Waals surface area (Å²) >= 11 is 0. The summed E-state index contributed by atoms with van der Waals surface area (Å²) in [5.74, 6) is 1.32. The second kappa shape index (κ2) is 8.54. The lowest BCUT2D eigenvalue weighted by molar-refractivity contribution is 0.466. The molecule has 0 bridgehead atoms. The van der Waals surface area contributed by atoms with Crippen molar-refractivity contribution in [2.24, 2.45) is 0 Å². The number of furan rings is 1. The van der Waals surface area contributed by atoms with Gasteiger partial charge in [-0.05, 0) is 48.4 Å². The van der Waals surface area contributed by atoms with Gasteiger partial charge in [0.2, 0.25) is 0 Å². The van der Waals surface area contributed by atoms with Crippen molar-refractivity contribution in [3.8, 4) is 0 Å². The van der Waals surface area contributed by atoms with Crippen molar-refractivity contribution in [2.45, 2.75) is 18.9 Å². The number of benzene rings is 2. The zero-order valence-corrected chi connectivity index (χ0v) is 15.0. The fraction of sp³-hybridized carbons (Fsp3) is 0.273. The highest BCUT2D eigenvalue weighted by atomic mass is 16.3. The molecule has 0 aliphatic heterocycles. The molecule has 0 fully saturated rings. The summed E-state index contributed by atoms with van der Waals surface area (Å²) in [7, 11) is 4.12. The monoisotopic (exact) mass is 334 g/mol. The molecule has 130 valence electrons. The van der Waals surface area contributed by atoms with E-state index < -0.39 is 0 Å². The molecule has 0 spiro atoms. The van der Waals surface area contributed by atoms with Crippen LogP contribution in [-0.4, -0.2) is 20.6 Å². The van der Waals surface area contributed by atoms with E-state index >= 15 is 0 Å². The summed E-state index contributed by atoms with van der Waals surface area (Å²) in [5, 5.41) is 3.56. The van der Waals surface area contributed by atoms with Gasteiger partial charge in [0.15, 0.2) is 0 Å². The predicted molar refractivity (Wildman–Crippen MR) is 104 cm³/mol. The molecule has 0 saturated heterocycles. The SMILES string of the molecule is CN(C)c1ccc(CNCC[C@H](c2ccccc2)c2ccco2)cc1. The molecule has 3 rings (SSSR count). The number of hydrogen-bond donors (Lipinski definition) is 1. The Labute approximate surface area is 150 Å². The number of hydrogen-bond acceptors (Lipinski definition) is 3. The van der Waals surface area contributed by atoms with Crippen LogP contribution in [0.15, 0.2) is 77.4 Å². The van der Waals surface area contributed by atoms with Crippen LogP contribution in [0.3, 0.4) is 0 Å². The Morgan fingerprint density at radius 2 is 1.68 bits per heavy atom. The Morgan fingerprint density at radius 3 is 2.32 bits per heavy atom. The molecule has 25 heavy (non-hydrogen) atoms. The number of nitrogens with one attached hydrogen (secondary N) is 1. The molecule has 0 radical (unpaired) electrons. The third-order valence-electron chi connectivity index (χ3n) is 4.48. The van der Waals surface area contributed by atoms with Crippen LogP contribution < -0.4 is 10.2 Å². The molecule has 0 amide bonds. The summed E-state index contributed by atoms with van der Waals surface area (Å²) < 4.78 is 5.67. The maximum absolute atomic E-state index is 5.67. The van der Waals surface area contributed by atoms with Crippen LogP contribution in [-0.2, 0) is 6.54 Å². The molecular weight excluding hydrogens is 308 g/mol. The molecule has 1 heterocycles. The van der Waals surface area contributed by atoms with Crippen molar-refractivity contribution in [3.05, 3.63) is 89.9 Å². The van der Waals surface area contributed by atoms with Crippen LogP contribution in [0.1, 0.15) is 29.2 Å². The van der Waals surface area contributed by atoms with Crippen LogP contribution in [0, 0.1) is 0 Å². The highest BCUT2D eigenvalue weighted by Gasteiger charge is 2.16. The third-order valence-corrected chi connectivity index (χ3v) is 4.48. The smallest absolute Gasteiger partial charge is 0.111 e. The first-order valence-electron chi connectivity index (χ1n) is 8.79. The van der Waals surface area contributed by atoms with Crippen LogP contribution in [0.25, 0.3) is 0 Å². The van der Waals surface area contributed by atoms with E-state index in [0.29, 0.717) is 5.92 Å². The van der Waals surface area contributed by atoms with E-state index in [1.165, 1.54) is 16.8 Å². The van der Waals surface area contributed by atoms with E-state index in [9.17, 15) is 0 Å². The lowest BCUT2D eigenvalue weighted by Gasteiger charge is -2.16. The van der Waals surface area contributed by atoms with Gasteiger partial charge in [-0.15, -0.1) is 0 Å². The third kappa shape index (κ3) is 4.74. The molecule has 3 nitrogen and oxygen atoms in total. The molecule has 3 heteroatoms. The second-order valence-electron chi connectivity index (χ2n) is 6.51. The molecule has 1 atom stereocenters. The van der Waals surface area contributed by atoms with Crippen molar-refractivity contribution in [1.29, 1.82) is 0 Å². The average Bonchev–Trinajstić information content (AvgIpc) is 3.17. The lowest BCUT2D eigenvalue weighted by Crippen LogP contribution is -2.17. The second-order valence-corrected chi connectivity index (χ2v) is 6.51. The maximum atomic E-state index is 5.67. The van der Waals surface area contributed by atoms with Gasteiger partial charge in [-0.25, -0.2) is 0 Å². The van der Waals surface area contributed by atoms with E-state index in [1.807, 2.05) is 6.07 Å². The Kier molecular flexibility index (Phi) is 5.91. The van der Waals surface area contributed by atoms with Crippen LogP contribution >= 0.6 is 0 Å². The van der Waals surface area contributed by atoms with Gasteiger partial charge in [-0.1, -0.05) is 42.5 Å². The molecule has 1 N–H and O–H groups in total. The number of nitrogens with zero attached hydrogens (tertiary/aromatic N) is 1. The van der Waals surface area contributed by atoms with Gasteiger partial charge in [0.05, 0.1) is 6.26 Å². The van der Waals surface area contributed by atoms with Gasteiger partial charge in [0.1, 0.15) is 5.76 Å². The van der Waals surface area contributed by atoms with Gasteiger partial charge in [-0.3, -0.25) is 0 Å². The van der Waals surface area contributed by atoms with Crippen molar-refractivity contribution in [3.63, 3.8) is 0 Å². The Morgan fingerprint density at radius 1 is 0.920 bits per heavy atom. The summed E-state index contributed by atoms with van der Waals surface area (Å²) in [6.07, 6.45) is 2.76. The number of rotatable bonds is 8. The highest BCUT2D eigenvalue weighted by Crippen LogP contribution is 2.27. The molecule has 0 aliphatic carbocycles. The summed E-state index contributed by atoms with van der Waals surface area (Å²) in [6.45, 7) is 1.82. The molecular formula is C22H26N2O. The van der Waals surface area contributed by atoms with Crippen LogP contribution in [0.5, 0.6) is 0 Å². The fourth-order valence-electron chi connectivity index (χ4n) is 3.04. The lowest BCUT2D eigenvalue weighted by atomic mass is 9.93. The summed E-state index contributed by atoms with van der Waals surface area (Å²) in [4.78, 5) is 2.12. The average molecular weight is 334 g/mol. The zero-order valence-electron chi connectivity index (χ0n) is 15.0. The summed E-state index contributed by atoms with van der Waals surface area (Å²) in [5.41, 5.74) is 3.83. The van der Waals surface area contributed by atoms with Gasteiger partial charge in [-0.2, -0.15) is 0 Å². The van der Waals surface area contributed by atoms with Gasteiger partial charge < -0.3 is 14.6 Å². The Bertz CT molecular complexity index is 733. The van der Waals surface area contributed by atoms with Gasteiger partial charge in [0, 0.05) is 32.2 Å². The van der Waals surface area contributed by atoms with E-state index in [4.69, 9.17) is 4.42 Å². The maximum Gasteiger partial charge on any atom is 0.111 e. The van der Waals surface area contributed by atoms with E-state index in [-0.39, 0.29) is 0 Å². The fourth-order valence-corrected chi connectivity index (χ4v) is 3.04. The minimum absolute atomic E-state index is 0.291. The molecule has 0 aliphatic rings. The largest absolute Gasteiger partial charge is 0.469 e. The minimum Gasteiger partial charge on any atom is -0.469 e. The first kappa shape index (κ1) is 17.3. The first-order valence-corrected chi connectivity index (χ1v) is 8.79. The zero-order chi connectivity index (χ0) is 17.5.